The number of primary amides is 1. The van der Waals surface area contributed by atoms with Gasteiger partial charge in [-0.25, -0.2) is 9.59 Å². The molecule has 0 aromatic heterocycles. The Morgan fingerprint density at radius 1 is 1.29 bits per heavy atom. The van der Waals surface area contributed by atoms with Crippen molar-refractivity contribution in [3.63, 3.8) is 0 Å². The lowest BCUT2D eigenvalue weighted by atomic mass is 9.93. The molecule has 2 amide bonds. The molecule has 0 aliphatic heterocycles. The van der Waals surface area contributed by atoms with Crippen LogP contribution in [0.2, 0.25) is 0 Å². The van der Waals surface area contributed by atoms with Gasteiger partial charge in [0.15, 0.2) is 0 Å². The number of nitrogens with two attached hydrogens (primary N) is 1. The first-order chi connectivity index (χ1) is 6.58. The van der Waals surface area contributed by atoms with Crippen molar-refractivity contribution in [1.29, 1.82) is 0 Å². The van der Waals surface area contributed by atoms with Crippen molar-refractivity contribution in [2.75, 3.05) is 0 Å². The highest BCUT2D eigenvalue weighted by atomic mass is 16.6. The summed E-state index contributed by atoms with van der Waals surface area (Å²) < 4.78 is 4.81. The molecule has 0 saturated heterocycles. The lowest BCUT2D eigenvalue weighted by Gasteiger charge is -2.27. The zero-order chi connectivity index (χ0) is 10.6. The molecular weight excluding hydrogens is 188 g/mol. The molecular formula is C8H14N2O4. The van der Waals surface area contributed by atoms with E-state index in [2.05, 4.69) is 5.32 Å². The smallest absolute Gasteiger partial charge is 0.404 e. The molecule has 6 nitrogen and oxygen atoms in total. The Morgan fingerprint density at radius 2 is 1.86 bits per heavy atom. The Bertz CT molecular complexity index is 199. The van der Waals surface area contributed by atoms with Crippen LogP contribution in [0.3, 0.4) is 0 Å². The molecule has 0 bridgehead atoms. The normalized spacial score (nSPS) is 26.6. The molecule has 1 rings (SSSR count). The summed E-state index contributed by atoms with van der Waals surface area (Å²) in [7, 11) is 0. The van der Waals surface area contributed by atoms with E-state index < -0.39 is 12.2 Å². The molecule has 0 aromatic rings. The second kappa shape index (κ2) is 4.69. The van der Waals surface area contributed by atoms with E-state index in [-0.39, 0.29) is 12.1 Å². The van der Waals surface area contributed by atoms with Gasteiger partial charge in [-0.05, 0) is 25.7 Å². The minimum Gasteiger partial charge on any atom is -0.465 e. The van der Waals surface area contributed by atoms with Gasteiger partial charge in [-0.1, -0.05) is 0 Å². The Balaban J connectivity index is 2.24. The first-order valence-electron chi connectivity index (χ1n) is 4.53. The summed E-state index contributed by atoms with van der Waals surface area (Å²) in [5.41, 5.74) is 4.87. The minimum atomic E-state index is -1.01. The molecule has 4 N–H and O–H groups in total. The highest BCUT2D eigenvalue weighted by molar-refractivity contribution is 5.65. The summed E-state index contributed by atoms with van der Waals surface area (Å²) in [6.45, 7) is 0. The molecule has 1 aliphatic carbocycles. The maximum atomic E-state index is 10.4. The van der Waals surface area contributed by atoms with Gasteiger partial charge >= 0.3 is 12.2 Å². The molecule has 6 heteroatoms. The molecule has 80 valence electrons. The van der Waals surface area contributed by atoms with Gasteiger partial charge in [-0.15, -0.1) is 0 Å². The van der Waals surface area contributed by atoms with Crippen LogP contribution in [-0.2, 0) is 4.74 Å². The van der Waals surface area contributed by atoms with E-state index in [1.807, 2.05) is 0 Å². The standard InChI is InChI=1S/C8H14N2O4/c9-7(11)14-6-3-1-5(2-4-6)10-8(12)13/h5-6,10H,1-4H2,(H2,9,11)(H,12,13). The Hall–Kier alpha value is -1.46. The number of carbonyl (C=O) groups excluding carboxylic acids is 1. The van der Waals surface area contributed by atoms with Crippen LogP contribution in [0.5, 0.6) is 0 Å². The van der Waals surface area contributed by atoms with Crippen molar-refractivity contribution in [2.24, 2.45) is 5.73 Å². The average Bonchev–Trinajstić information content (AvgIpc) is 2.06. The van der Waals surface area contributed by atoms with Crippen LogP contribution in [0.4, 0.5) is 9.59 Å². The first kappa shape index (κ1) is 10.6. The maximum absolute atomic E-state index is 10.4. The number of ether oxygens (including phenoxy) is 1. The summed E-state index contributed by atoms with van der Waals surface area (Å²) in [5.74, 6) is 0. The predicted molar refractivity (Wildman–Crippen MR) is 47.9 cm³/mol. The monoisotopic (exact) mass is 202 g/mol. The van der Waals surface area contributed by atoms with Crippen molar-refractivity contribution in [3.8, 4) is 0 Å². The van der Waals surface area contributed by atoms with Gasteiger partial charge in [0, 0.05) is 6.04 Å². The van der Waals surface area contributed by atoms with Crippen LogP contribution in [0.25, 0.3) is 0 Å². The van der Waals surface area contributed by atoms with E-state index in [4.69, 9.17) is 15.6 Å². The second-order valence-electron chi connectivity index (χ2n) is 3.36. The Labute approximate surface area is 81.4 Å². The molecule has 14 heavy (non-hydrogen) atoms. The minimum absolute atomic E-state index is 0.0276. The quantitative estimate of drug-likeness (QED) is 0.612. The van der Waals surface area contributed by atoms with Crippen LogP contribution in [-0.4, -0.2) is 29.4 Å². The molecule has 0 unspecified atom stereocenters. The average molecular weight is 202 g/mol. The van der Waals surface area contributed by atoms with Gasteiger partial charge in [0.1, 0.15) is 6.10 Å². The van der Waals surface area contributed by atoms with Crippen LogP contribution in [0.15, 0.2) is 0 Å². The van der Waals surface area contributed by atoms with Crippen molar-refractivity contribution in [1.82, 2.24) is 5.32 Å². The fourth-order valence-electron chi connectivity index (χ4n) is 1.66. The molecule has 0 atom stereocenters. The van der Waals surface area contributed by atoms with Gasteiger partial charge in [0.25, 0.3) is 0 Å². The van der Waals surface area contributed by atoms with Gasteiger partial charge in [-0.3, -0.25) is 0 Å². The van der Waals surface area contributed by atoms with E-state index in [1.165, 1.54) is 0 Å². The number of amides is 2. The van der Waals surface area contributed by atoms with Gasteiger partial charge < -0.3 is 20.9 Å². The fourth-order valence-corrected chi connectivity index (χ4v) is 1.66. The fraction of sp³-hybridized carbons (Fsp3) is 0.750. The molecule has 0 heterocycles. The van der Waals surface area contributed by atoms with E-state index in [9.17, 15) is 9.59 Å². The number of nitrogens with one attached hydrogen (secondary N) is 1. The zero-order valence-electron chi connectivity index (χ0n) is 7.73. The molecule has 1 fully saturated rings. The van der Waals surface area contributed by atoms with Crippen molar-refractivity contribution in [2.45, 2.75) is 37.8 Å². The summed E-state index contributed by atoms with van der Waals surface area (Å²) in [6.07, 6.45) is 0.763. The maximum Gasteiger partial charge on any atom is 0.404 e. The van der Waals surface area contributed by atoms with Crippen molar-refractivity contribution < 1.29 is 19.4 Å². The Morgan fingerprint density at radius 3 is 2.29 bits per heavy atom. The number of hydrogen-bond donors (Lipinski definition) is 3. The van der Waals surface area contributed by atoms with Gasteiger partial charge in [0.05, 0.1) is 0 Å². The lowest BCUT2D eigenvalue weighted by molar-refractivity contribution is 0.0753. The van der Waals surface area contributed by atoms with Gasteiger partial charge in [0.2, 0.25) is 0 Å². The van der Waals surface area contributed by atoms with Crippen LogP contribution >= 0.6 is 0 Å². The summed E-state index contributed by atoms with van der Waals surface area (Å²) >= 11 is 0. The molecule has 0 aromatic carbocycles. The topological polar surface area (TPSA) is 102 Å². The van der Waals surface area contributed by atoms with E-state index in [1.54, 1.807) is 0 Å². The predicted octanol–water partition coefficient (Wildman–Crippen LogP) is 0.660. The Kier molecular flexibility index (Phi) is 3.55. The largest absolute Gasteiger partial charge is 0.465 e. The van der Waals surface area contributed by atoms with Crippen molar-refractivity contribution >= 4 is 12.2 Å². The first-order valence-corrected chi connectivity index (χ1v) is 4.53. The molecule has 1 saturated carbocycles. The second-order valence-corrected chi connectivity index (χ2v) is 3.36. The lowest BCUT2D eigenvalue weighted by Crippen LogP contribution is -2.39. The number of hydrogen-bond acceptors (Lipinski definition) is 3. The number of carbonyl (C=O) groups is 2. The molecule has 1 aliphatic rings. The summed E-state index contributed by atoms with van der Waals surface area (Å²) in [6, 6.07) is -0.0276. The van der Waals surface area contributed by atoms with Crippen LogP contribution in [0.1, 0.15) is 25.7 Å². The van der Waals surface area contributed by atoms with E-state index >= 15 is 0 Å². The van der Waals surface area contributed by atoms with Crippen molar-refractivity contribution in [3.05, 3.63) is 0 Å². The van der Waals surface area contributed by atoms with Crippen LogP contribution in [0, 0.1) is 0 Å². The third-order valence-corrected chi connectivity index (χ3v) is 2.28. The van der Waals surface area contributed by atoms with E-state index in [0.717, 1.165) is 0 Å². The molecule has 0 radical (unpaired) electrons. The number of carboxylic acid groups (broad SMARTS) is 1. The van der Waals surface area contributed by atoms with E-state index in [0.29, 0.717) is 25.7 Å². The highest BCUT2D eigenvalue weighted by Gasteiger charge is 2.23. The van der Waals surface area contributed by atoms with Gasteiger partial charge in [-0.2, -0.15) is 0 Å². The summed E-state index contributed by atoms with van der Waals surface area (Å²) in [4.78, 5) is 20.7. The number of rotatable bonds is 2. The van der Waals surface area contributed by atoms with Crippen LogP contribution < -0.4 is 11.1 Å². The SMILES string of the molecule is NC(=O)OC1CCC(NC(=O)O)CC1. The molecule has 0 spiro atoms. The highest BCUT2D eigenvalue weighted by Crippen LogP contribution is 2.20. The summed E-state index contributed by atoms with van der Waals surface area (Å²) in [5, 5.41) is 10.9. The third kappa shape index (κ3) is 3.51. The zero-order valence-corrected chi connectivity index (χ0v) is 7.73. The third-order valence-electron chi connectivity index (χ3n) is 2.28.